The van der Waals surface area contributed by atoms with E-state index < -0.39 is 11.9 Å². The first-order valence-electron chi connectivity index (χ1n) is 5.58. The van der Waals surface area contributed by atoms with Crippen LogP contribution in [-0.2, 0) is 6.18 Å². The topological polar surface area (TPSA) is 35.0 Å². The summed E-state index contributed by atoms with van der Waals surface area (Å²) in [7, 11) is 1.52. The third kappa shape index (κ3) is 3.22. The molecule has 1 aromatic heterocycles. The maximum absolute atomic E-state index is 12.8. The molecule has 1 heterocycles. The lowest BCUT2D eigenvalue weighted by atomic mass is 10.1. The molecule has 3 nitrogen and oxygen atoms in total. The zero-order valence-corrected chi connectivity index (χ0v) is 11.5. The highest BCUT2D eigenvalue weighted by atomic mass is 32.2. The summed E-state index contributed by atoms with van der Waals surface area (Å²) < 4.78 is 43.4. The van der Waals surface area contributed by atoms with Crippen LogP contribution < -0.4 is 4.74 Å². The summed E-state index contributed by atoms with van der Waals surface area (Å²) in [4.78, 5) is 7.59. The van der Waals surface area contributed by atoms with E-state index in [2.05, 4.69) is 9.97 Å². The van der Waals surface area contributed by atoms with Crippen LogP contribution in [0.5, 0.6) is 5.75 Å². The molecule has 0 amide bonds. The van der Waals surface area contributed by atoms with E-state index in [4.69, 9.17) is 4.74 Å². The number of ether oxygens (including phenoxy) is 1. The number of rotatable bonds is 3. The fourth-order valence-electron chi connectivity index (χ4n) is 1.57. The summed E-state index contributed by atoms with van der Waals surface area (Å²) in [6, 6.07) is 7.60. The first-order valence-corrected chi connectivity index (χ1v) is 6.81. The molecule has 0 atom stereocenters. The molecule has 0 aliphatic heterocycles. The average Bonchev–Trinajstić information content (AvgIpc) is 2.46. The van der Waals surface area contributed by atoms with Crippen molar-refractivity contribution in [1.82, 2.24) is 9.97 Å². The van der Waals surface area contributed by atoms with Gasteiger partial charge in [0.1, 0.15) is 11.4 Å². The van der Waals surface area contributed by atoms with Crippen molar-refractivity contribution in [3.63, 3.8) is 0 Å². The molecule has 0 saturated heterocycles. The van der Waals surface area contributed by atoms with E-state index in [-0.39, 0.29) is 10.9 Å². The lowest BCUT2D eigenvalue weighted by molar-refractivity contribution is -0.141. The minimum absolute atomic E-state index is 0.0886. The van der Waals surface area contributed by atoms with E-state index in [1.165, 1.54) is 7.11 Å². The lowest BCUT2D eigenvalue weighted by Gasteiger charge is -2.10. The number of benzene rings is 1. The third-order valence-electron chi connectivity index (χ3n) is 2.56. The molecule has 2 rings (SSSR count). The molecule has 0 radical (unpaired) electrons. The van der Waals surface area contributed by atoms with Crippen LogP contribution in [0.15, 0.2) is 35.5 Å². The molecule has 106 valence electrons. The highest BCUT2D eigenvalue weighted by Crippen LogP contribution is 2.31. The smallest absolute Gasteiger partial charge is 0.433 e. The number of aromatic nitrogens is 2. The quantitative estimate of drug-likeness (QED) is 0.636. The minimum Gasteiger partial charge on any atom is -0.497 e. The Bertz CT molecular complexity index is 600. The standard InChI is InChI=1S/C13H11F3N2OS/c1-19-9-5-3-8(4-6-9)10-7-11(13(14,15)16)18-12(17-10)20-2/h3-7H,1-2H3. The number of alkyl halides is 3. The average molecular weight is 300 g/mol. The Morgan fingerprint density at radius 3 is 2.25 bits per heavy atom. The van der Waals surface area contributed by atoms with Gasteiger partial charge in [-0.15, -0.1) is 0 Å². The van der Waals surface area contributed by atoms with Crippen molar-refractivity contribution in [3.8, 4) is 17.0 Å². The molecule has 0 aliphatic carbocycles. The van der Waals surface area contributed by atoms with Gasteiger partial charge in [0.2, 0.25) is 0 Å². The molecule has 1 aromatic carbocycles. The van der Waals surface area contributed by atoms with Crippen molar-refractivity contribution < 1.29 is 17.9 Å². The van der Waals surface area contributed by atoms with Crippen LogP contribution in [0.4, 0.5) is 13.2 Å². The number of hydrogen-bond acceptors (Lipinski definition) is 4. The molecule has 0 N–H and O–H groups in total. The Labute approximate surface area is 118 Å². The number of thioether (sulfide) groups is 1. The van der Waals surface area contributed by atoms with Crippen LogP contribution in [-0.4, -0.2) is 23.3 Å². The summed E-state index contributed by atoms with van der Waals surface area (Å²) in [6.45, 7) is 0. The molecule has 0 aliphatic rings. The predicted molar refractivity (Wildman–Crippen MR) is 70.8 cm³/mol. The fourth-order valence-corrected chi connectivity index (χ4v) is 1.95. The Balaban J connectivity index is 2.49. The molecular weight excluding hydrogens is 289 g/mol. The summed E-state index contributed by atoms with van der Waals surface area (Å²) in [5.41, 5.74) is -0.129. The van der Waals surface area contributed by atoms with Crippen molar-refractivity contribution in [2.24, 2.45) is 0 Å². The zero-order chi connectivity index (χ0) is 14.8. The van der Waals surface area contributed by atoms with Gasteiger partial charge in [-0.3, -0.25) is 0 Å². The van der Waals surface area contributed by atoms with Crippen LogP contribution in [0.2, 0.25) is 0 Å². The first-order chi connectivity index (χ1) is 9.44. The molecule has 7 heteroatoms. The first kappa shape index (κ1) is 14.6. The number of hydrogen-bond donors (Lipinski definition) is 0. The summed E-state index contributed by atoms with van der Waals surface area (Å²) in [6.07, 6.45) is -2.86. The number of methoxy groups -OCH3 is 1. The van der Waals surface area contributed by atoms with Gasteiger partial charge in [0, 0.05) is 5.56 Å². The van der Waals surface area contributed by atoms with E-state index in [0.717, 1.165) is 17.8 Å². The van der Waals surface area contributed by atoms with E-state index >= 15 is 0 Å². The Kier molecular flexibility index (Phi) is 4.17. The molecule has 0 unspecified atom stereocenters. The van der Waals surface area contributed by atoms with Gasteiger partial charge in [0.15, 0.2) is 5.16 Å². The van der Waals surface area contributed by atoms with Gasteiger partial charge >= 0.3 is 6.18 Å². The van der Waals surface area contributed by atoms with Gasteiger partial charge in [0.25, 0.3) is 0 Å². The van der Waals surface area contributed by atoms with Crippen molar-refractivity contribution in [2.75, 3.05) is 13.4 Å². The van der Waals surface area contributed by atoms with Crippen LogP contribution in [0.1, 0.15) is 5.69 Å². The summed E-state index contributed by atoms with van der Waals surface area (Å²) in [5, 5.41) is 0.0886. The van der Waals surface area contributed by atoms with E-state index in [1.807, 2.05) is 0 Å². The van der Waals surface area contributed by atoms with Gasteiger partial charge in [-0.1, -0.05) is 11.8 Å². The number of halogens is 3. The molecule has 0 saturated carbocycles. The zero-order valence-electron chi connectivity index (χ0n) is 10.7. The number of nitrogens with zero attached hydrogens (tertiary/aromatic N) is 2. The molecule has 0 fully saturated rings. The molecule has 2 aromatic rings. The predicted octanol–water partition coefficient (Wildman–Crippen LogP) is 3.89. The van der Waals surface area contributed by atoms with Crippen molar-refractivity contribution >= 4 is 11.8 Å². The second-order valence-electron chi connectivity index (χ2n) is 3.85. The highest BCUT2D eigenvalue weighted by Gasteiger charge is 2.33. The highest BCUT2D eigenvalue weighted by molar-refractivity contribution is 7.98. The van der Waals surface area contributed by atoms with Gasteiger partial charge in [-0.2, -0.15) is 13.2 Å². The van der Waals surface area contributed by atoms with E-state index in [1.54, 1.807) is 30.5 Å². The SMILES string of the molecule is COc1ccc(-c2cc(C(F)(F)F)nc(SC)n2)cc1. The van der Waals surface area contributed by atoms with Crippen LogP contribution in [0.3, 0.4) is 0 Å². The summed E-state index contributed by atoms with van der Waals surface area (Å²) in [5.74, 6) is 0.629. The van der Waals surface area contributed by atoms with Gasteiger partial charge < -0.3 is 4.74 Å². The Morgan fingerprint density at radius 2 is 1.75 bits per heavy atom. The maximum atomic E-state index is 12.8. The fraction of sp³-hybridized carbons (Fsp3) is 0.231. The molecular formula is C13H11F3N2OS. The van der Waals surface area contributed by atoms with Crippen molar-refractivity contribution in [2.45, 2.75) is 11.3 Å². The van der Waals surface area contributed by atoms with Crippen molar-refractivity contribution in [3.05, 3.63) is 36.0 Å². The monoisotopic (exact) mass is 300 g/mol. The summed E-state index contributed by atoms with van der Waals surface area (Å²) >= 11 is 1.07. The lowest BCUT2D eigenvalue weighted by Crippen LogP contribution is -2.09. The molecule has 0 spiro atoms. The Morgan fingerprint density at radius 1 is 1.10 bits per heavy atom. The maximum Gasteiger partial charge on any atom is 0.433 e. The normalized spacial score (nSPS) is 11.4. The van der Waals surface area contributed by atoms with Crippen LogP contribution >= 0.6 is 11.8 Å². The second-order valence-corrected chi connectivity index (χ2v) is 4.62. The van der Waals surface area contributed by atoms with Crippen LogP contribution in [0, 0.1) is 0 Å². The largest absolute Gasteiger partial charge is 0.497 e. The van der Waals surface area contributed by atoms with Crippen LogP contribution in [0.25, 0.3) is 11.3 Å². The molecule has 0 bridgehead atoms. The van der Waals surface area contributed by atoms with Gasteiger partial charge in [-0.25, -0.2) is 9.97 Å². The van der Waals surface area contributed by atoms with E-state index in [0.29, 0.717) is 11.3 Å². The van der Waals surface area contributed by atoms with E-state index in [9.17, 15) is 13.2 Å². The van der Waals surface area contributed by atoms with Crippen molar-refractivity contribution in [1.29, 1.82) is 0 Å². The van der Waals surface area contributed by atoms with Gasteiger partial charge in [0.05, 0.1) is 12.8 Å². The third-order valence-corrected chi connectivity index (χ3v) is 3.11. The minimum atomic E-state index is -4.49. The molecule has 20 heavy (non-hydrogen) atoms. The Hall–Kier alpha value is -1.76. The second kappa shape index (κ2) is 5.70. The van der Waals surface area contributed by atoms with Gasteiger partial charge in [-0.05, 0) is 36.6 Å².